The van der Waals surface area contributed by atoms with Crippen molar-refractivity contribution in [2.24, 2.45) is 0 Å². The number of anilines is 1. The zero-order valence-electron chi connectivity index (χ0n) is 12.4. The summed E-state index contributed by atoms with van der Waals surface area (Å²) in [6.07, 6.45) is 4.15. The molecular weight excluding hydrogens is 278 g/mol. The third kappa shape index (κ3) is 3.14. The molecule has 3 rings (SSSR count). The van der Waals surface area contributed by atoms with Gasteiger partial charge in [0, 0.05) is 23.9 Å². The van der Waals surface area contributed by atoms with Crippen LogP contribution in [0.2, 0.25) is 0 Å². The molecule has 1 amide bonds. The molecule has 0 radical (unpaired) electrons. The predicted octanol–water partition coefficient (Wildman–Crippen LogP) is 4.02. The Labute approximate surface area is 128 Å². The molecule has 0 fully saturated rings. The Morgan fingerprint density at radius 3 is 2.77 bits per heavy atom. The van der Waals surface area contributed by atoms with Crippen molar-refractivity contribution in [3.63, 3.8) is 0 Å². The van der Waals surface area contributed by atoms with Crippen LogP contribution in [0.5, 0.6) is 0 Å². The molecule has 0 bridgehead atoms. The van der Waals surface area contributed by atoms with E-state index in [1.807, 2.05) is 36.4 Å². The van der Waals surface area contributed by atoms with Gasteiger partial charge in [0.25, 0.3) is 0 Å². The first-order chi connectivity index (χ1) is 10.8. The standard InChI is InChI=1S/C17H17N3O2/c1-2-3-6-15(21)19-13-9-7-12(8-10-13)17-20-16-14(22-17)5-4-11-18-16/h4-5,7-11H,2-3,6H2,1H3,(H,19,21). The summed E-state index contributed by atoms with van der Waals surface area (Å²) in [5.74, 6) is 0.568. The highest BCUT2D eigenvalue weighted by molar-refractivity contribution is 5.90. The maximum Gasteiger partial charge on any atom is 0.228 e. The highest BCUT2D eigenvalue weighted by Crippen LogP contribution is 2.24. The summed E-state index contributed by atoms with van der Waals surface area (Å²) in [5.41, 5.74) is 2.88. The van der Waals surface area contributed by atoms with E-state index in [1.165, 1.54) is 0 Å². The second-order valence-corrected chi connectivity index (χ2v) is 5.07. The number of amides is 1. The molecule has 0 spiro atoms. The number of benzene rings is 1. The van der Waals surface area contributed by atoms with Crippen molar-refractivity contribution in [2.75, 3.05) is 5.32 Å². The Morgan fingerprint density at radius 1 is 1.23 bits per heavy atom. The van der Waals surface area contributed by atoms with E-state index in [4.69, 9.17) is 4.42 Å². The molecule has 2 heterocycles. The number of oxazole rings is 1. The van der Waals surface area contributed by atoms with Gasteiger partial charge in [0.1, 0.15) is 0 Å². The van der Waals surface area contributed by atoms with Crippen LogP contribution in [0.25, 0.3) is 22.7 Å². The van der Waals surface area contributed by atoms with E-state index in [-0.39, 0.29) is 5.91 Å². The molecule has 5 heteroatoms. The van der Waals surface area contributed by atoms with Gasteiger partial charge in [-0.2, -0.15) is 4.98 Å². The van der Waals surface area contributed by atoms with Gasteiger partial charge in [-0.05, 0) is 42.8 Å². The largest absolute Gasteiger partial charge is 0.434 e. The van der Waals surface area contributed by atoms with Crippen molar-refractivity contribution in [3.05, 3.63) is 42.6 Å². The second-order valence-electron chi connectivity index (χ2n) is 5.07. The molecule has 3 aromatic rings. The summed E-state index contributed by atoms with van der Waals surface area (Å²) in [4.78, 5) is 20.2. The number of unbranched alkanes of at least 4 members (excludes halogenated alkanes) is 1. The quantitative estimate of drug-likeness (QED) is 0.772. The van der Waals surface area contributed by atoms with Crippen LogP contribution in [0.4, 0.5) is 5.69 Å². The molecule has 2 aromatic heterocycles. The second kappa shape index (κ2) is 6.39. The summed E-state index contributed by atoms with van der Waals surface area (Å²) in [6.45, 7) is 2.07. The van der Waals surface area contributed by atoms with Crippen LogP contribution < -0.4 is 5.32 Å². The van der Waals surface area contributed by atoms with Gasteiger partial charge in [-0.25, -0.2) is 4.98 Å². The van der Waals surface area contributed by atoms with Gasteiger partial charge in [0.05, 0.1) is 0 Å². The summed E-state index contributed by atoms with van der Waals surface area (Å²) in [6, 6.07) is 11.1. The van der Waals surface area contributed by atoms with E-state index in [9.17, 15) is 4.79 Å². The number of fused-ring (bicyclic) bond motifs is 1. The first-order valence-corrected chi connectivity index (χ1v) is 7.38. The van der Waals surface area contributed by atoms with E-state index in [2.05, 4.69) is 22.2 Å². The Bertz CT molecular complexity index is 745. The summed E-state index contributed by atoms with van der Waals surface area (Å²) in [5, 5.41) is 2.88. The van der Waals surface area contributed by atoms with Crippen molar-refractivity contribution < 1.29 is 9.21 Å². The van der Waals surface area contributed by atoms with E-state index in [0.29, 0.717) is 23.5 Å². The van der Waals surface area contributed by atoms with Gasteiger partial charge in [0.2, 0.25) is 11.8 Å². The van der Waals surface area contributed by atoms with Gasteiger partial charge < -0.3 is 9.73 Å². The summed E-state index contributed by atoms with van der Waals surface area (Å²) in [7, 11) is 0. The lowest BCUT2D eigenvalue weighted by Gasteiger charge is -2.05. The number of nitrogens with one attached hydrogen (secondary N) is 1. The lowest BCUT2D eigenvalue weighted by molar-refractivity contribution is -0.116. The van der Waals surface area contributed by atoms with Crippen LogP contribution in [0.15, 0.2) is 47.0 Å². The Morgan fingerprint density at radius 2 is 2.05 bits per heavy atom. The maximum absolute atomic E-state index is 11.7. The molecule has 1 N–H and O–H groups in total. The van der Waals surface area contributed by atoms with E-state index >= 15 is 0 Å². The Balaban J connectivity index is 1.74. The monoisotopic (exact) mass is 295 g/mol. The first kappa shape index (κ1) is 14.3. The van der Waals surface area contributed by atoms with Gasteiger partial charge in [-0.3, -0.25) is 4.79 Å². The molecule has 0 aliphatic rings. The smallest absolute Gasteiger partial charge is 0.228 e. The topological polar surface area (TPSA) is 68.0 Å². The number of carbonyl (C=O) groups excluding carboxylic acids is 1. The van der Waals surface area contributed by atoms with Gasteiger partial charge in [-0.1, -0.05) is 13.3 Å². The molecule has 112 valence electrons. The SMILES string of the molecule is CCCCC(=O)Nc1ccc(-c2nc3ncccc3o2)cc1. The van der Waals surface area contributed by atoms with Crippen LogP contribution in [-0.2, 0) is 4.79 Å². The van der Waals surface area contributed by atoms with Crippen LogP contribution in [0.3, 0.4) is 0 Å². The fraction of sp³-hybridized carbons (Fsp3) is 0.235. The molecule has 0 aliphatic heterocycles. The zero-order chi connectivity index (χ0) is 15.4. The fourth-order valence-corrected chi connectivity index (χ4v) is 2.15. The van der Waals surface area contributed by atoms with Crippen LogP contribution >= 0.6 is 0 Å². The maximum atomic E-state index is 11.7. The number of hydrogen-bond donors (Lipinski definition) is 1. The highest BCUT2D eigenvalue weighted by Gasteiger charge is 2.09. The lowest BCUT2D eigenvalue weighted by atomic mass is 10.2. The fourth-order valence-electron chi connectivity index (χ4n) is 2.15. The number of hydrogen-bond acceptors (Lipinski definition) is 4. The summed E-state index contributed by atoms with van der Waals surface area (Å²) >= 11 is 0. The van der Waals surface area contributed by atoms with Crippen molar-refractivity contribution in [1.82, 2.24) is 9.97 Å². The van der Waals surface area contributed by atoms with Gasteiger partial charge in [-0.15, -0.1) is 0 Å². The lowest BCUT2D eigenvalue weighted by Crippen LogP contribution is -2.10. The number of aromatic nitrogens is 2. The molecular formula is C17H17N3O2. The molecule has 0 saturated heterocycles. The van der Waals surface area contributed by atoms with Crippen LogP contribution in [0.1, 0.15) is 26.2 Å². The van der Waals surface area contributed by atoms with Crippen molar-refractivity contribution in [1.29, 1.82) is 0 Å². The average Bonchev–Trinajstić information content (AvgIpc) is 2.97. The predicted molar refractivity (Wildman–Crippen MR) is 85.4 cm³/mol. The van der Waals surface area contributed by atoms with Crippen molar-refractivity contribution in [3.8, 4) is 11.5 Å². The molecule has 0 aliphatic carbocycles. The normalized spacial score (nSPS) is 10.8. The van der Waals surface area contributed by atoms with E-state index in [1.54, 1.807) is 6.20 Å². The van der Waals surface area contributed by atoms with Gasteiger partial charge >= 0.3 is 0 Å². The Hall–Kier alpha value is -2.69. The minimum atomic E-state index is 0.0423. The third-order valence-corrected chi connectivity index (χ3v) is 3.34. The van der Waals surface area contributed by atoms with Crippen LogP contribution in [0, 0.1) is 0 Å². The number of pyridine rings is 1. The molecule has 22 heavy (non-hydrogen) atoms. The summed E-state index contributed by atoms with van der Waals surface area (Å²) < 4.78 is 5.67. The average molecular weight is 295 g/mol. The number of carbonyl (C=O) groups is 1. The van der Waals surface area contributed by atoms with Crippen LogP contribution in [-0.4, -0.2) is 15.9 Å². The number of rotatable bonds is 5. The number of nitrogens with zero attached hydrogens (tertiary/aromatic N) is 2. The molecule has 0 saturated carbocycles. The van der Waals surface area contributed by atoms with Crippen molar-refractivity contribution >= 4 is 22.8 Å². The zero-order valence-corrected chi connectivity index (χ0v) is 12.4. The minimum Gasteiger partial charge on any atom is -0.434 e. The van der Waals surface area contributed by atoms with E-state index in [0.717, 1.165) is 24.1 Å². The molecule has 0 unspecified atom stereocenters. The molecule has 5 nitrogen and oxygen atoms in total. The Kier molecular flexibility index (Phi) is 4.14. The molecule has 0 atom stereocenters. The molecule has 1 aromatic carbocycles. The van der Waals surface area contributed by atoms with Crippen molar-refractivity contribution in [2.45, 2.75) is 26.2 Å². The van der Waals surface area contributed by atoms with Gasteiger partial charge in [0.15, 0.2) is 11.2 Å². The highest BCUT2D eigenvalue weighted by atomic mass is 16.3. The third-order valence-electron chi connectivity index (χ3n) is 3.34. The van der Waals surface area contributed by atoms with E-state index < -0.39 is 0 Å². The minimum absolute atomic E-state index is 0.0423. The first-order valence-electron chi connectivity index (χ1n) is 7.38.